The zero-order valence-electron chi connectivity index (χ0n) is 18.0. The number of anilines is 1. The van der Waals surface area contributed by atoms with Gasteiger partial charge < -0.3 is 15.0 Å². The summed E-state index contributed by atoms with van der Waals surface area (Å²) in [6.45, 7) is 4.79. The Morgan fingerprint density at radius 3 is 2.84 bits per heavy atom. The minimum atomic E-state index is -0.576. The Bertz CT molecular complexity index is 904. The van der Waals surface area contributed by atoms with Gasteiger partial charge in [0.15, 0.2) is 0 Å². The van der Waals surface area contributed by atoms with E-state index in [-0.39, 0.29) is 11.8 Å². The number of fused-ring (bicyclic) bond motifs is 1. The summed E-state index contributed by atoms with van der Waals surface area (Å²) in [6.07, 6.45) is 6.14. The lowest BCUT2D eigenvalue weighted by Crippen LogP contribution is -2.52. The number of aromatic nitrogens is 1. The molecule has 7 nitrogen and oxygen atoms in total. The number of likely N-dealkylation sites (tertiary alicyclic amines) is 1. The van der Waals surface area contributed by atoms with E-state index in [1.807, 2.05) is 40.7 Å². The predicted octanol–water partition coefficient (Wildman–Crippen LogP) is 3.53. The molecule has 1 N–H and O–H groups in total. The van der Waals surface area contributed by atoms with Gasteiger partial charge in [-0.1, -0.05) is 12.1 Å². The van der Waals surface area contributed by atoms with Crippen molar-refractivity contribution in [3.05, 3.63) is 40.8 Å². The molecule has 0 bridgehead atoms. The van der Waals surface area contributed by atoms with Crippen LogP contribution in [-0.2, 0) is 16.1 Å². The lowest BCUT2D eigenvalue weighted by Gasteiger charge is -2.37. The number of nitrogens with zero attached hydrogens (tertiary/aromatic N) is 3. The van der Waals surface area contributed by atoms with E-state index in [0.29, 0.717) is 37.7 Å². The molecule has 2 amide bonds. The predicted molar refractivity (Wildman–Crippen MR) is 121 cm³/mol. The van der Waals surface area contributed by atoms with Gasteiger partial charge in [0, 0.05) is 25.0 Å². The van der Waals surface area contributed by atoms with E-state index < -0.39 is 5.54 Å². The molecule has 1 saturated heterocycles. The van der Waals surface area contributed by atoms with Crippen molar-refractivity contribution >= 4 is 28.8 Å². The third-order valence-electron chi connectivity index (χ3n) is 6.32. The summed E-state index contributed by atoms with van der Waals surface area (Å²) >= 11 is 1.63. The second kappa shape index (κ2) is 9.78. The number of thiazole rings is 1. The van der Waals surface area contributed by atoms with Gasteiger partial charge >= 0.3 is 0 Å². The number of para-hydroxylation sites is 2. The molecule has 1 fully saturated rings. The SMILES string of the molecule is CC(=O)N1CCCC[C@@]2(CCCN2Cc2nccs2)C(=O)Nc2ccccc2OCC1. The zero-order valence-corrected chi connectivity index (χ0v) is 18.8. The van der Waals surface area contributed by atoms with Gasteiger partial charge in [-0.2, -0.15) is 0 Å². The van der Waals surface area contributed by atoms with Gasteiger partial charge in [0.25, 0.3) is 0 Å². The molecule has 8 heteroatoms. The van der Waals surface area contributed by atoms with Crippen LogP contribution in [0.1, 0.15) is 44.0 Å². The van der Waals surface area contributed by atoms with Crippen LogP contribution in [0.15, 0.2) is 35.8 Å². The maximum absolute atomic E-state index is 13.7. The minimum absolute atomic E-state index is 0.0280. The quantitative estimate of drug-likeness (QED) is 0.770. The van der Waals surface area contributed by atoms with E-state index in [0.717, 1.165) is 43.7 Å². The van der Waals surface area contributed by atoms with Crippen LogP contribution in [0.25, 0.3) is 0 Å². The van der Waals surface area contributed by atoms with E-state index in [2.05, 4.69) is 15.2 Å². The topological polar surface area (TPSA) is 74.8 Å². The largest absolute Gasteiger partial charge is 0.490 e. The van der Waals surface area contributed by atoms with Crippen LogP contribution in [0.5, 0.6) is 5.75 Å². The first-order valence-corrected chi connectivity index (χ1v) is 11.9. The highest BCUT2D eigenvalue weighted by Crippen LogP contribution is 2.38. The summed E-state index contributed by atoms with van der Waals surface area (Å²) in [4.78, 5) is 34.4. The molecule has 1 spiro atoms. The number of benzene rings is 1. The second-order valence-corrected chi connectivity index (χ2v) is 9.22. The van der Waals surface area contributed by atoms with Crippen LogP contribution in [0.3, 0.4) is 0 Å². The number of carbonyl (C=O) groups is 2. The Labute approximate surface area is 187 Å². The van der Waals surface area contributed by atoms with E-state index in [1.54, 1.807) is 18.3 Å². The molecule has 1 aromatic carbocycles. The molecular formula is C23H30N4O3S. The van der Waals surface area contributed by atoms with Crippen molar-refractivity contribution < 1.29 is 14.3 Å². The number of carbonyl (C=O) groups excluding carboxylic acids is 2. The molecule has 3 heterocycles. The molecule has 0 aliphatic carbocycles. The summed E-state index contributed by atoms with van der Waals surface area (Å²) < 4.78 is 5.96. The van der Waals surface area contributed by atoms with Crippen molar-refractivity contribution in [2.24, 2.45) is 0 Å². The average Bonchev–Trinajstić information content (AvgIpc) is 3.41. The second-order valence-electron chi connectivity index (χ2n) is 8.24. The minimum Gasteiger partial charge on any atom is -0.490 e. The van der Waals surface area contributed by atoms with Crippen molar-refractivity contribution in [1.29, 1.82) is 0 Å². The summed E-state index contributed by atoms with van der Waals surface area (Å²) in [5.74, 6) is 0.723. The van der Waals surface area contributed by atoms with Crippen LogP contribution in [0.4, 0.5) is 5.69 Å². The van der Waals surface area contributed by atoms with E-state index in [1.165, 1.54) is 0 Å². The Morgan fingerprint density at radius 2 is 2.03 bits per heavy atom. The molecule has 2 aliphatic heterocycles. The van der Waals surface area contributed by atoms with Crippen LogP contribution in [-0.4, -0.2) is 58.4 Å². The van der Waals surface area contributed by atoms with Gasteiger partial charge in [0.1, 0.15) is 22.9 Å². The van der Waals surface area contributed by atoms with Crippen molar-refractivity contribution in [1.82, 2.24) is 14.8 Å². The van der Waals surface area contributed by atoms with E-state index in [4.69, 9.17) is 4.74 Å². The van der Waals surface area contributed by atoms with E-state index in [9.17, 15) is 9.59 Å². The molecule has 1 atom stereocenters. The number of rotatable bonds is 2. The maximum Gasteiger partial charge on any atom is 0.245 e. The monoisotopic (exact) mass is 442 g/mol. The van der Waals surface area contributed by atoms with Crippen LogP contribution in [0, 0.1) is 0 Å². The first-order valence-electron chi connectivity index (χ1n) is 11.0. The maximum atomic E-state index is 13.7. The van der Waals surface area contributed by atoms with Gasteiger partial charge in [-0.3, -0.25) is 14.5 Å². The van der Waals surface area contributed by atoms with Crippen molar-refractivity contribution in [2.45, 2.75) is 51.1 Å². The Kier molecular flexibility index (Phi) is 6.87. The first kappa shape index (κ1) is 21.8. The highest BCUT2D eigenvalue weighted by molar-refractivity contribution is 7.09. The molecular weight excluding hydrogens is 412 g/mol. The van der Waals surface area contributed by atoms with Gasteiger partial charge in [-0.15, -0.1) is 11.3 Å². The fourth-order valence-electron chi connectivity index (χ4n) is 4.66. The normalized spacial score (nSPS) is 23.3. The molecule has 0 unspecified atom stereocenters. The number of amides is 2. The van der Waals surface area contributed by atoms with Gasteiger partial charge in [-0.25, -0.2) is 4.98 Å². The smallest absolute Gasteiger partial charge is 0.245 e. The molecule has 2 aromatic rings. The summed E-state index contributed by atoms with van der Waals surface area (Å²) in [6, 6.07) is 7.54. The number of nitrogens with one attached hydrogen (secondary N) is 1. The Balaban J connectivity index is 1.63. The molecule has 166 valence electrons. The summed E-state index contributed by atoms with van der Waals surface area (Å²) in [5, 5.41) is 6.18. The number of ether oxygens (including phenoxy) is 1. The Hall–Kier alpha value is -2.45. The summed E-state index contributed by atoms with van der Waals surface area (Å²) in [7, 11) is 0. The fraction of sp³-hybridized carbons (Fsp3) is 0.522. The number of hydrogen-bond donors (Lipinski definition) is 1. The highest BCUT2D eigenvalue weighted by Gasteiger charge is 2.47. The Morgan fingerprint density at radius 1 is 1.19 bits per heavy atom. The number of hydrogen-bond acceptors (Lipinski definition) is 6. The fourth-order valence-corrected chi connectivity index (χ4v) is 5.29. The van der Waals surface area contributed by atoms with Gasteiger partial charge in [-0.05, 0) is 50.8 Å². The summed E-state index contributed by atoms with van der Waals surface area (Å²) in [5.41, 5.74) is 0.107. The molecule has 1 aromatic heterocycles. The van der Waals surface area contributed by atoms with Crippen LogP contribution in [0.2, 0.25) is 0 Å². The third kappa shape index (κ3) is 4.91. The average molecular weight is 443 g/mol. The molecule has 0 saturated carbocycles. The lowest BCUT2D eigenvalue weighted by atomic mass is 9.88. The molecule has 4 rings (SSSR count). The standard InChI is InChI=1S/C23H30N4O3S/c1-18(28)26-12-5-4-9-23(10-6-13-27(23)17-21-24-11-16-31-21)22(29)25-19-7-2-3-8-20(19)30-15-14-26/h2-3,7-8,11,16H,4-6,9-10,12-15,17H2,1H3,(H,25,29)/t23-/m1/s1. The van der Waals surface area contributed by atoms with Crippen molar-refractivity contribution in [3.63, 3.8) is 0 Å². The van der Waals surface area contributed by atoms with E-state index >= 15 is 0 Å². The first-order chi connectivity index (χ1) is 15.1. The van der Waals surface area contributed by atoms with Gasteiger partial charge in [0.2, 0.25) is 11.8 Å². The molecule has 0 radical (unpaired) electrons. The highest BCUT2D eigenvalue weighted by atomic mass is 32.1. The lowest BCUT2D eigenvalue weighted by molar-refractivity contribution is -0.130. The zero-order chi connectivity index (χ0) is 21.7. The molecule has 31 heavy (non-hydrogen) atoms. The van der Waals surface area contributed by atoms with Crippen LogP contribution < -0.4 is 10.1 Å². The van der Waals surface area contributed by atoms with Crippen LogP contribution >= 0.6 is 11.3 Å². The van der Waals surface area contributed by atoms with Crippen molar-refractivity contribution in [2.75, 3.05) is 31.6 Å². The molecule has 2 aliphatic rings. The van der Waals surface area contributed by atoms with Crippen molar-refractivity contribution in [3.8, 4) is 5.75 Å². The van der Waals surface area contributed by atoms with Gasteiger partial charge in [0.05, 0.1) is 18.8 Å². The third-order valence-corrected chi connectivity index (χ3v) is 7.09.